The molecule has 0 spiro atoms. The third-order valence-electron chi connectivity index (χ3n) is 3.68. The van der Waals surface area contributed by atoms with Gasteiger partial charge in [-0.05, 0) is 18.4 Å². The highest BCUT2D eigenvalue weighted by Crippen LogP contribution is 2.30. The number of non-ortho nitro benzene ring substituents is 1. The summed E-state index contributed by atoms with van der Waals surface area (Å²) in [7, 11) is 0. The van der Waals surface area contributed by atoms with Gasteiger partial charge in [0.25, 0.3) is 5.69 Å². The van der Waals surface area contributed by atoms with Crippen molar-refractivity contribution in [2.45, 2.75) is 19.4 Å². The molecular formula is C13H16N2O5. The van der Waals surface area contributed by atoms with Crippen LogP contribution in [0.15, 0.2) is 18.2 Å². The third-order valence-corrected chi connectivity index (χ3v) is 3.68. The van der Waals surface area contributed by atoms with Gasteiger partial charge in [-0.3, -0.25) is 10.1 Å². The number of anilines is 1. The molecule has 2 rings (SSSR count). The molecule has 0 aromatic heterocycles. The molecule has 108 valence electrons. The fraction of sp³-hybridized carbons (Fsp3) is 0.462. The summed E-state index contributed by atoms with van der Waals surface area (Å²) in [5.41, 5.74) is 0.146. The second-order valence-corrected chi connectivity index (χ2v) is 5.04. The van der Waals surface area contributed by atoms with Crippen molar-refractivity contribution in [2.24, 2.45) is 5.92 Å². The fourth-order valence-corrected chi connectivity index (χ4v) is 2.34. The number of rotatable bonds is 3. The number of aromatic carboxylic acids is 1. The number of nitrogens with zero attached hydrogens (tertiary/aromatic N) is 2. The van der Waals surface area contributed by atoms with Gasteiger partial charge in [0, 0.05) is 25.2 Å². The molecule has 0 amide bonds. The van der Waals surface area contributed by atoms with Gasteiger partial charge in [-0.2, -0.15) is 0 Å². The lowest BCUT2D eigenvalue weighted by Gasteiger charge is -2.36. The van der Waals surface area contributed by atoms with Crippen molar-refractivity contribution < 1.29 is 19.9 Å². The van der Waals surface area contributed by atoms with E-state index in [0.717, 1.165) is 0 Å². The van der Waals surface area contributed by atoms with E-state index in [0.29, 0.717) is 13.0 Å². The molecule has 1 aliphatic rings. The molecule has 7 nitrogen and oxygen atoms in total. The maximum Gasteiger partial charge on any atom is 0.337 e. The predicted octanol–water partition coefficient (Wildman–Crippen LogP) is 1.50. The van der Waals surface area contributed by atoms with Crippen molar-refractivity contribution in [3.05, 3.63) is 33.9 Å². The summed E-state index contributed by atoms with van der Waals surface area (Å²) in [5.74, 6) is -0.999. The van der Waals surface area contributed by atoms with Crippen LogP contribution in [0.3, 0.4) is 0 Å². The van der Waals surface area contributed by atoms with Crippen LogP contribution in [0, 0.1) is 16.0 Å². The number of aliphatic hydroxyl groups excluding tert-OH is 1. The van der Waals surface area contributed by atoms with Crippen molar-refractivity contribution in [1.82, 2.24) is 0 Å². The van der Waals surface area contributed by atoms with Crippen molar-refractivity contribution in [3.63, 3.8) is 0 Å². The van der Waals surface area contributed by atoms with Gasteiger partial charge < -0.3 is 15.1 Å². The van der Waals surface area contributed by atoms with Crippen molar-refractivity contribution >= 4 is 17.3 Å². The average molecular weight is 280 g/mol. The van der Waals surface area contributed by atoms with Crippen LogP contribution in [0.4, 0.5) is 11.4 Å². The Morgan fingerprint density at radius 3 is 2.75 bits per heavy atom. The number of carboxylic acids is 1. The number of carbonyl (C=O) groups is 1. The zero-order valence-electron chi connectivity index (χ0n) is 11.0. The van der Waals surface area contributed by atoms with Gasteiger partial charge in [0.05, 0.1) is 22.3 Å². The van der Waals surface area contributed by atoms with Gasteiger partial charge in [0.15, 0.2) is 0 Å². The molecule has 1 fully saturated rings. The number of nitro groups is 1. The Morgan fingerprint density at radius 2 is 2.20 bits per heavy atom. The van der Waals surface area contributed by atoms with E-state index in [2.05, 4.69) is 0 Å². The van der Waals surface area contributed by atoms with Crippen molar-refractivity contribution in [3.8, 4) is 0 Å². The molecule has 1 aromatic rings. The average Bonchev–Trinajstić information content (AvgIpc) is 2.41. The van der Waals surface area contributed by atoms with Gasteiger partial charge in [0.1, 0.15) is 0 Å². The van der Waals surface area contributed by atoms with E-state index >= 15 is 0 Å². The standard InChI is InChI=1S/C13H16N2O5/c1-8-4-5-14(7-12(8)16)11-6-9(15(19)20)2-3-10(11)13(17)18/h2-3,6,8,12,16H,4-5,7H2,1H3,(H,17,18). The lowest BCUT2D eigenvalue weighted by Crippen LogP contribution is -2.43. The van der Waals surface area contributed by atoms with Gasteiger partial charge in [-0.25, -0.2) is 4.79 Å². The van der Waals surface area contributed by atoms with Crippen LogP contribution in [0.5, 0.6) is 0 Å². The van der Waals surface area contributed by atoms with Crippen LogP contribution >= 0.6 is 0 Å². The summed E-state index contributed by atoms with van der Waals surface area (Å²) in [4.78, 5) is 23.2. The van der Waals surface area contributed by atoms with Crippen molar-refractivity contribution in [2.75, 3.05) is 18.0 Å². The molecule has 0 aliphatic carbocycles. The molecule has 0 radical (unpaired) electrons. The van der Waals surface area contributed by atoms with Gasteiger partial charge in [-0.1, -0.05) is 6.92 Å². The Bertz CT molecular complexity index is 546. The molecule has 2 atom stereocenters. The Hall–Kier alpha value is -2.15. The van der Waals surface area contributed by atoms with E-state index in [1.54, 1.807) is 4.90 Å². The summed E-state index contributed by atoms with van der Waals surface area (Å²) in [6, 6.07) is 3.67. The highest BCUT2D eigenvalue weighted by atomic mass is 16.6. The lowest BCUT2D eigenvalue weighted by molar-refractivity contribution is -0.384. The molecule has 2 unspecified atom stereocenters. The van der Waals surface area contributed by atoms with E-state index < -0.39 is 17.0 Å². The number of β-amino-alcohol motifs (C(OH)–C–C–N with tert-alkyl or cyclic N) is 1. The van der Waals surface area contributed by atoms with Gasteiger partial charge >= 0.3 is 5.97 Å². The van der Waals surface area contributed by atoms with Crippen LogP contribution in [-0.2, 0) is 0 Å². The van der Waals surface area contributed by atoms with Crippen LogP contribution in [0.25, 0.3) is 0 Å². The summed E-state index contributed by atoms with van der Waals surface area (Å²) in [6.45, 7) is 2.77. The maximum atomic E-state index is 11.2. The number of carboxylic acid groups (broad SMARTS) is 1. The highest BCUT2D eigenvalue weighted by molar-refractivity contribution is 5.95. The van der Waals surface area contributed by atoms with E-state index in [4.69, 9.17) is 0 Å². The molecular weight excluding hydrogens is 264 g/mol. The minimum absolute atomic E-state index is 0.0114. The molecule has 7 heteroatoms. The normalized spacial score (nSPS) is 22.6. The second kappa shape index (κ2) is 5.46. The zero-order valence-corrected chi connectivity index (χ0v) is 11.0. The minimum Gasteiger partial charge on any atom is -0.478 e. The first-order valence-electron chi connectivity index (χ1n) is 6.35. The van der Waals surface area contributed by atoms with Crippen molar-refractivity contribution in [1.29, 1.82) is 0 Å². The predicted molar refractivity (Wildman–Crippen MR) is 72.1 cm³/mol. The first-order valence-corrected chi connectivity index (χ1v) is 6.35. The molecule has 1 aliphatic heterocycles. The summed E-state index contributed by atoms with van der Waals surface area (Å²) >= 11 is 0. The first kappa shape index (κ1) is 14.3. The number of hydrogen-bond donors (Lipinski definition) is 2. The second-order valence-electron chi connectivity index (χ2n) is 5.04. The quantitative estimate of drug-likeness (QED) is 0.642. The smallest absolute Gasteiger partial charge is 0.337 e. The number of benzene rings is 1. The molecule has 20 heavy (non-hydrogen) atoms. The topological polar surface area (TPSA) is 104 Å². The van der Waals surface area contributed by atoms with Crippen LogP contribution in [-0.4, -0.2) is 40.3 Å². The van der Waals surface area contributed by atoms with Crippen LogP contribution in [0.1, 0.15) is 23.7 Å². The zero-order chi connectivity index (χ0) is 14.9. The lowest BCUT2D eigenvalue weighted by atomic mass is 9.95. The number of hydrogen-bond acceptors (Lipinski definition) is 5. The van der Waals surface area contributed by atoms with E-state index in [9.17, 15) is 25.1 Å². The van der Waals surface area contributed by atoms with Crippen LogP contribution < -0.4 is 4.90 Å². The highest BCUT2D eigenvalue weighted by Gasteiger charge is 2.28. The monoisotopic (exact) mass is 280 g/mol. The van der Waals surface area contributed by atoms with E-state index in [-0.39, 0.29) is 29.4 Å². The molecule has 0 bridgehead atoms. The summed E-state index contributed by atoms with van der Waals surface area (Å²) in [6.07, 6.45) is 0.146. The maximum absolute atomic E-state index is 11.2. The Morgan fingerprint density at radius 1 is 1.50 bits per heavy atom. The summed E-state index contributed by atoms with van der Waals surface area (Å²) in [5, 5.41) is 29.9. The Balaban J connectivity index is 2.39. The number of aliphatic hydroxyl groups is 1. The number of piperidine rings is 1. The largest absolute Gasteiger partial charge is 0.478 e. The van der Waals surface area contributed by atoms with Gasteiger partial charge in [-0.15, -0.1) is 0 Å². The van der Waals surface area contributed by atoms with Gasteiger partial charge in [0.2, 0.25) is 0 Å². The third kappa shape index (κ3) is 2.72. The SMILES string of the molecule is CC1CCN(c2cc([N+](=O)[O-])ccc2C(=O)O)CC1O. The minimum atomic E-state index is -1.14. The van der Waals surface area contributed by atoms with E-state index in [1.165, 1.54) is 18.2 Å². The van der Waals surface area contributed by atoms with E-state index in [1.807, 2.05) is 6.92 Å². The van der Waals surface area contributed by atoms with Crippen LogP contribution in [0.2, 0.25) is 0 Å². The molecule has 0 saturated carbocycles. The Labute approximate surface area is 115 Å². The number of nitro benzene ring substituents is 1. The molecule has 2 N–H and O–H groups in total. The molecule has 1 saturated heterocycles. The molecule has 1 heterocycles. The Kier molecular flexibility index (Phi) is 3.89. The molecule has 1 aromatic carbocycles. The first-order chi connectivity index (χ1) is 9.40. The summed E-state index contributed by atoms with van der Waals surface area (Å²) < 4.78 is 0. The fourth-order valence-electron chi connectivity index (χ4n) is 2.34.